The third kappa shape index (κ3) is 3.44. The highest BCUT2D eigenvalue weighted by Gasteiger charge is 2.19. The number of rotatable bonds is 5. The van der Waals surface area contributed by atoms with Gasteiger partial charge in [-0.15, -0.1) is 0 Å². The molecule has 1 aromatic carbocycles. The monoisotopic (exact) mass is 253 g/mol. The first kappa shape index (κ1) is 13.9. The molecule has 7 heteroatoms. The Balaban J connectivity index is 2.71. The van der Waals surface area contributed by atoms with E-state index in [1.807, 2.05) is 5.43 Å². The molecule has 0 aromatic heterocycles. The fourth-order valence-electron chi connectivity index (χ4n) is 1.28. The maximum absolute atomic E-state index is 11.8. The molecule has 0 radical (unpaired) electrons. The minimum atomic E-state index is -1.08. The second kappa shape index (κ2) is 6.58. The number of carbonyl (C=O) groups is 2. The van der Waals surface area contributed by atoms with E-state index in [-0.39, 0.29) is 0 Å². The number of hydrogen-bond acceptors (Lipinski definition) is 5. The molecular weight excluding hydrogens is 238 g/mol. The van der Waals surface area contributed by atoms with Crippen molar-refractivity contribution in [2.24, 2.45) is 5.84 Å². The van der Waals surface area contributed by atoms with Crippen molar-refractivity contribution in [1.82, 2.24) is 10.7 Å². The van der Waals surface area contributed by atoms with Crippen LogP contribution in [-0.2, 0) is 4.79 Å². The van der Waals surface area contributed by atoms with E-state index in [1.165, 1.54) is 7.11 Å². The molecule has 1 atom stereocenters. The lowest BCUT2D eigenvalue weighted by atomic mass is 10.2. The van der Waals surface area contributed by atoms with Crippen LogP contribution in [0, 0.1) is 0 Å². The van der Waals surface area contributed by atoms with Crippen molar-refractivity contribution < 1.29 is 19.4 Å². The molecule has 0 bridgehead atoms. The number of ether oxygens (including phenoxy) is 1. The number of nitrogens with one attached hydrogen (secondary N) is 2. The number of benzene rings is 1. The topological polar surface area (TPSA) is 114 Å². The molecule has 0 aliphatic carbocycles. The van der Waals surface area contributed by atoms with Gasteiger partial charge in [0, 0.05) is 5.56 Å². The highest BCUT2D eigenvalue weighted by molar-refractivity contribution is 5.97. The molecule has 0 unspecified atom stereocenters. The Morgan fingerprint density at radius 3 is 2.44 bits per heavy atom. The largest absolute Gasteiger partial charge is 0.497 e. The third-order valence-corrected chi connectivity index (χ3v) is 2.30. The van der Waals surface area contributed by atoms with Crippen LogP contribution in [0.2, 0.25) is 0 Å². The summed E-state index contributed by atoms with van der Waals surface area (Å²) in [5, 5.41) is 11.3. The van der Waals surface area contributed by atoms with Gasteiger partial charge in [-0.1, -0.05) is 0 Å². The Bertz CT molecular complexity index is 419. The van der Waals surface area contributed by atoms with Crippen LogP contribution in [0.3, 0.4) is 0 Å². The van der Waals surface area contributed by atoms with Crippen molar-refractivity contribution in [3.05, 3.63) is 29.8 Å². The minimum absolute atomic E-state index is 0.346. The quantitative estimate of drug-likeness (QED) is 0.298. The number of hydrogen-bond donors (Lipinski definition) is 4. The zero-order valence-electron chi connectivity index (χ0n) is 9.84. The predicted octanol–water partition coefficient (Wildman–Crippen LogP) is -1.22. The van der Waals surface area contributed by atoms with Gasteiger partial charge in [0.2, 0.25) is 0 Å². The van der Waals surface area contributed by atoms with E-state index in [4.69, 9.17) is 15.7 Å². The van der Waals surface area contributed by atoms with Crippen molar-refractivity contribution in [3.63, 3.8) is 0 Å². The van der Waals surface area contributed by atoms with Gasteiger partial charge in [-0.3, -0.25) is 15.0 Å². The van der Waals surface area contributed by atoms with E-state index in [0.29, 0.717) is 11.3 Å². The molecule has 1 rings (SSSR count). The fourth-order valence-corrected chi connectivity index (χ4v) is 1.28. The molecule has 5 N–H and O–H groups in total. The zero-order chi connectivity index (χ0) is 13.5. The van der Waals surface area contributed by atoms with Gasteiger partial charge < -0.3 is 15.2 Å². The van der Waals surface area contributed by atoms with Crippen molar-refractivity contribution in [2.75, 3.05) is 13.7 Å². The summed E-state index contributed by atoms with van der Waals surface area (Å²) in [6, 6.07) is 5.24. The van der Waals surface area contributed by atoms with Gasteiger partial charge >= 0.3 is 0 Å². The zero-order valence-corrected chi connectivity index (χ0v) is 9.84. The van der Waals surface area contributed by atoms with Crippen LogP contribution in [0.5, 0.6) is 5.75 Å². The molecular formula is C11H15N3O4. The maximum Gasteiger partial charge on any atom is 0.258 e. The Kier molecular flexibility index (Phi) is 5.09. The summed E-state index contributed by atoms with van der Waals surface area (Å²) in [5.74, 6) is 4.38. The maximum atomic E-state index is 11.8. The summed E-state index contributed by atoms with van der Waals surface area (Å²) in [6.07, 6.45) is 0. The molecule has 2 amide bonds. The van der Waals surface area contributed by atoms with Crippen LogP contribution in [0.1, 0.15) is 10.4 Å². The first-order chi connectivity index (χ1) is 8.62. The van der Waals surface area contributed by atoms with Crippen LogP contribution < -0.4 is 21.3 Å². The van der Waals surface area contributed by atoms with Gasteiger partial charge in [-0.2, -0.15) is 0 Å². The molecule has 0 heterocycles. The lowest BCUT2D eigenvalue weighted by molar-refractivity contribution is -0.123. The van der Waals surface area contributed by atoms with Crippen LogP contribution in [0.15, 0.2) is 24.3 Å². The Morgan fingerprint density at radius 1 is 1.39 bits per heavy atom. The normalized spacial score (nSPS) is 11.5. The van der Waals surface area contributed by atoms with Gasteiger partial charge in [-0.25, -0.2) is 5.84 Å². The molecule has 0 spiro atoms. The minimum Gasteiger partial charge on any atom is -0.497 e. The molecule has 18 heavy (non-hydrogen) atoms. The molecule has 7 nitrogen and oxygen atoms in total. The number of hydrazine groups is 1. The van der Waals surface area contributed by atoms with E-state index in [2.05, 4.69) is 5.32 Å². The standard InChI is InChI=1S/C11H15N3O4/c1-18-8-4-2-7(3-5-8)10(16)13-9(6-15)11(17)14-12/h2-5,9,15H,6,12H2,1H3,(H,13,16)(H,14,17)/t9-/m1/s1. The highest BCUT2D eigenvalue weighted by Crippen LogP contribution is 2.11. The average molecular weight is 253 g/mol. The van der Waals surface area contributed by atoms with Crippen molar-refractivity contribution in [2.45, 2.75) is 6.04 Å². The average Bonchev–Trinajstić information content (AvgIpc) is 2.43. The molecule has 0 aliphatic rings. The number of amides is 2. The van der Waals surface area contributed by atoms with Crippen LogP contribution >= 0.6 is 0 Å². The van der Waals surface area contributed by atoms with Gasteiger partial charge in [0.05, 0.1) is 13.7 Å². The molecule has 1 aromatic rings. The lowest BCUT2D eigenvalue weighted by Gasteiger charge is -2.14. The SMILES string of the molecule is COc1ccc(C(=O)N[C@H](CO)C(=O)NN)cc1. The van der Waals surface area contributed by atoms with Gasteiger partial charge in [0.25, 0.3) is 11.8 Å². The van der Waals surface area contributed by atoms with Gasteiger partial charge in [0.15, 0.2) is 0 Å². The number of aliphatic hydroxyl groups is 1. The van der Waals surface area contributed by atoms with E-state index in [0.717, 1.165) is 0 Å². The molecule has 0 saturated carbocycles. The summed E-state index contributed by atoms with van der Waals surface area (Å²) in [5.41, 5.74) is 2.20. The van der Waals surface area contributed by atoms with Crippen LogP contribution in [-0.4, -0.2) is 36.7 Å². The number of nitrogens with two attached hydrogens (primary N) is 1. The smallest absolute Gasteiger partial charge is 0.258 e. The number of aliphatic hydroxyl groups excluding tert-OH is 1. The number of methoxy groups -OCH3 is 1. The van der Waals surface area contributed by atoms with Crippen LogP contribution in [0.4, 0.5) is 0 Å². The van der Waals surface area contributed by atoms with Crippen molar-refractivity contribution >= 4 is 11.8 Å². The molecule has 0 saturated heterocycles. The Labute approximate surface area is 104 Å². The van der Waals surface area contributed by atoms with E-state index in [9.17, 15) is 9.59 Å². The number of carbonyl (C=O) groups excluding carboxylic acids is 2. The molecule has 98 valence electrons. The van der Waals surface area contributed by atoms with Crippen molar-refractivity contribution in [3.8, 4) is 5.75 Å². The fraction of sp³-hybridized carbons (Fsp3) is 0.273. The van der Waals surface area contributed by atoms with E-state index >= 15 is 0 Å². The summed E-state index contributed by atoms with van der Waals surface area (Å²) in [4.78, 5) is 22.9. The lowest BCUT2D eigenvalue weighted by Crippen LogP contribution is -2.50. The second-order valence-electron chi connectivity index (χ2n) is 3.45. The van der Waals surface area contributed by atoms with Crippen molar-refractivity contribution in [1.29, 1.82) is 0 Å². The predicted molar refractivity (Wildman–Crippen MR) is 63.7 cm³/mol. The summed E-state index contributed by atoms with van der Waals surface area (Å²) < 4.78 is 4.95. The summed E-state index contributed by atoms with van der Waals surface area (Å²) in [7, 11) is 1.52. The van der Waals surface area contributed by atoms with E-state index < -0.39 is 24.5 Å². The Morgan fingerprint density at radius 2 is 2.00 bits per heavy atom. The van der Waals surface area contributed by atoms with Gasteiger partial charge in [0.1, 0.15) is 11.8 Å². The second-order valence-corrected chi connectivity index (χ2v) is 3.45. The van der Waals surface area contributed by atoms with E-state index in [1.54, 1.807) is 24.3 Å². The molecule has 0 fully saturated rings. The first-order valence-electron chi connectivity index (χ1n) is 5.18. The first-order valence-corrected chi connectivity index (χ1v) is 5.18. The third-order valence-electron chi connectivity index (χ3n) is 2.30. The van der Waals surface area contributed by atoms with Crippen LogP contribution in [0.25, 0.3) is 0 Å². The summed E-state index contributed by atoms with van der Waals surface area (Å²) in [6.45, 7) is -0.537. The highest BCUT2D eigenvalue weighted by atomic mass is 16.5. The summed E-state index contributed by atoms with van der Waals surface area (Å²) >= 11 is 0. The Hall–Kier alpha value is -2.12. The van der Waals surface area contributed by atoms with Gasteiger partial charge in [-0.05, 0) is 24.3 Å². The molecule has 0 aliphatic heterocycles.